The van der Waals surface area contributed by atoms with Crippen LogP contribution in [0.2, 0.25) is 0 Å². The topological polar surface area (TPSA) is 124 Å². The smallest absolute Gasteiger partial charge is 0.419 e. The minimum absolute atomic E-state index is 0.0431. The Labute approximate surface area is 235 Å². The Hall–Kier alpha value is -3.58. The van der Waals surface area contributed by atoms with E-state index in [9.17, 15) is 27.8 Å². The molecule has 2 unspecified atom stereocenters. The Kier molecular flexibility index (Phi) is 6.89. The molecule has 2 atom stereocenters. The number of ether oxygens (including phenoxy) is 1. The lowest BCUT2D eigenvalue weighted by Gasteiger charge is -2.24. The highest BCUT2D eigenvalue weighted by Crippen LogP contribution is 2.58. The van der Waals surface area contributed by atoms with E-state index in [1.807, 2.05) is 26.8 Å². The van der Waals surface area contributed by atoms with Gasteiger partial charge in [-0.3, -0.25) is 0 Å². The van der Waals surface area contributed by atoms with Crippen LogP contribution in [-0.2, 0) is 15.5 Å². The van der Waals surface area contributed by atoms with E-state index in [0.29, 0.717) is 35.8 Å². The molecule has 1 saturated heterocycles. The van der Waals surface area contributed by atoms with Gasteiger partial charge in [-0.25, -0.2) is 14.8 Å². The number of fused-ring (bicyclic) bond motifs is 1. The van der Waals surface area contributed by atoms with Gasteiger partial charge < -0.3 is 24.5 Å². The van der Waals surface area contributed by atoms with Gasteiger partial charge in [0, 0.05) is 43.0 Å². The number of amides is 1. The Morgan fingerprint density at radius 1 is 1.32 bits per heavy atom. The summed E-state index contributed by atoms with van der Waals surface area (Å²) < 4.78 is 60.6. The van der Waals surface area contributed by atoms with Gasteiger partial charge in [-0.2, -0.15) is 18.4 Å². The zero-order valence-electron chi connectivity index (χ0n) is 23.5. The Morgan fingerprint density at radius 2 is 2.05 bits per heavy atom. The van der Waals surface area contributed by atoms with E-state index in [1.165, 1.54) is 25.6 Å². The minimum Gasteiger partial charge on any atom is -0.444 e. The highest BCUT2D eigenvalue weighted by Gasteiger charge is 2.58. The first-order valence-corrected chi connectivity index (χ1v) is 15.9. The van der Waals surface area contributed by atoms with Crippen molar-refractivity contribution in [2.75, 3.05) is 38.3 Å². The number of hydrogen-bond acceptors (Lipinski definition) is 7. The lowest BCUT2D eigenvalue weighted by Crippen LogP contribution is -2.35. The van der Waals surface area contributed by atoms with Crippen LogP contribution in [0.4, 0.5) is 23.9 Å². The van der Waals surface area contributed by atoms with Crippen molar-refractivity contribution >= 4 is 35.4 Å². The first kappa shape index (κ1) is 28.9. The molecule has 1 saturated carbocycles. The number of nitriles is 1. The molecule has 2 aliphatic rings. The van der Waals surface area contributed by atoms with Crippen molar-refractivity contribution < 1.29 is 27.3 Å². The fourth-order valence-corrected chi connectivity index (χ4v) is 7.15. The van der Waals surface area contributed by atoms with Gasteiger partial charge >= 0.3 is 12.3 Å². The van der Waals surface area contributed by atoms with Crippen molar-refractivity contribution in [2.24, 2.45) is 11.3 Å². The number of rotatable bonds is 5. The molecule has 0 bridgehead atoms. The number of anilines is 1. The summed E-state index contributed by atoms with van der Waals surface area (Å²) in [7, 11) is -2.95. The number of H-pyrrole nitrogens is 1. The SMILES string of the molecule is CC(C)(C)OC(=O)N1CCC2(CC2CNc2ncc(C(F)(F)F)c(-c3c[nH]c4c(P(C)(C)=O)c(C#N)ccc34)n2)C1. The van der Waals surface area contributed by atoms with Crippen LogP contribution in [0.25, 0.3) is 22.2 Å². The third kappa shape index (κ3) is 5.65. The van der Waals surface area contributed by atoms with Crippen LogP contribution in [0.1, 0.15) is 44.7 Å². The van der Waals surface area contributed by atoms with Crippen LogP contribution < -0.4 is 10.6 Å². The number of hydrogen-bond donors (Lipinski definition) is 2. The number of benzene rings is 1. The number of carbonyl (C=O) groups is 1. The summed E-state index contributed by atoms with van der Waals surface area (Å²) in [6.45, 7) is 10.1. The van der Waals surface area contributed by atoms with Gasteiger partial charge in [0.2, 0.25) is 5.95 Å². The lowest BCUT2D eigenvalue weighted by molar-refractivity contribution is -0.137. The molecule has 0 radical (unpaired) electrons. The second kappa shape index (κ2) is 9.76. The van der Waals surface area contributed by atoms with Crippen LogP contribution in [0.5, 0.6) is 0 Å². The number of likely N-dealkylation sites (tertiary alicyclic amines) is 1. The van der Waals surface area contributed by atoms with Crippen molar-refractivity contribution in [3.63, 3.8) is 0 Å². The van der Waals surface area contributed by atoms with Gasteiger partial charge in [-0.1, -0.05) is 6.07 Å². The number of alkyl halides is 3. The molecule has 9 nitrogen and oxygen atoms in total. The van der Waals surface area contributed by atoms with Crippen molar-refractivity contribution in [1.82, 2.24) is 19.9 Å². The molecule has 2 aromatic heterocycles. The maximum absolute atomic E-state index is 14.0. The maximum Gasteiger partial charge on any atom is 0.419 e. The molecule has 41 heavy (non-hydrogen) atoms. The number of aromatic amines is 1. The summed E-state index contributed by atoms with van der Waals surface area (Å²) in [6.07, 6.45) is -1.18. The molecule has 5 rings (SSSR count). The Morgan fingerprint density at radius 3 is 2.68 bits per heavy atom. The highest BCUT2D eigenvalue weighted by atomic mass is 31.2. The molecular formula is C28H32F3N6O3P. The molecule has 2 fully saturated rings. The zero-order chi connectivity index (χ0) is 30.0. The second-order valence-electron chi connectivity index (χ2n) is 12.3. The van der Waals surface area contributed by atoms with Gasteiger partial charge in [-0.15, -0.1) is 0 Å². The summed E-state index contributed by atoms with van der Waals surface area (Å²) in [6, 6.07) is 5.03. The van der Waals surface area contributed by atoms with E-state index >= 15 is 0 Å². The van der Waals surface area contributed by atoms with Crippen LogP contribution in [-0.4, -0.2) is 64.5 Å². The van der Waals surface area contributed by atoms with Gasteiger partial charge in [0.1, 0.15) is 18.3 Å². The number of nitrogens with one attached hydrogen (secondary N) is 2. The van der Waals surface area contributed by atoms with Gasteiger partial charge in [0.15, 0.2) is 0 Å². The molecule has 1 aromatic carbocycles. The molecule has 1 spiro atoms. The standard InChI is InChI=1S/C28H32F3N6O3P/c1-26(2,3)40-25(38)37-9-8-27(15-37)10-17(27)12-34-24-35-14-20(28(29,30)31)21(36-24)19-13-33-22-18(19)7-6-16(11-32)23(22)41(4,5)39/h6-7,13-14,17,33H,8-10,12,15H2,1-5H3,(H,34,35,36). The molecule has 1 amide bonds. The van der Waals surface area contributed by atoms with Crippen molar-refractivity contribution in [1.29, 1.82) is 5.26 Å². The van der Waals surface area contributed by atoms with Crippen molar-refractivity contribution in [2.45, 2.75) is 45.4 Å². The molecule has 3 heterocycles. The number of carbonyl (C=O) groups excluding carboxylic acids is 1. The number of nitrogens with zero attached hydrogens (tertiary/aromatic N) is 4. The van der Waals surface area contributed by atoms with Crippen LogP contribution in [0.3, 0.4) is 0 Å². The van der Waals surface area contributed by atoms with Crippen LogP contribution >= 0.6 is 7.14 Å². The molecule has 3 aromatic rings. The average Bonchev–Trinajstić information content (AvgIpc) is 3.16. The van der Waals surface area contributed by atoms with Crippen molar-refractivity contribution in [3.8, 4) is 17.3 Å². The van der Waals surface area contributed by atoms with E-state index in [1.54, 1.807) is 11.0 Å². The number of aromatic nitrogens is 3. The third-order valence-corrected chi connectivity index (χ3v) is 9.28. The highest BCUT2D eigenvalue weighted by molar-refractivity contribution is 7.70. The summed E-state index contributed by atoms with van der Waals surface area (Å²) in [5, 5.41) is 13.3. The zero-order valence-corrected chi connectivity index (χ0v) is 24.4. The van der Waals surface area contributed by atoms with E-state index < -0.39 is 24.5 Å². The van der Waals surface area contributed by atoms with Crippen molar-refractivity contribution in [3.05, 3.63) is 35.7 Å². The monoisotopic (exact) mass is 588 g/mol. The lowest BCUT2D eigenvalue weighted by atomic mass is 10.0. The van der Waals surface area contributed by atoms with E-state index in [2.05, 4.69) is 20.3 Å². The average molecular weight is 589 g/mol. The fourth-order valence-electron chi connectivity index (χ4n) is 5.72. The van der Waals surface area contributed by atoms with Gasteiger partial charge in [0.05, 0.1) is 28.1 Å². The normalized spacial score (nSPS) is 20.9. The quantitative estimate of drug-likeness (QED) is 0.360. The van der Waals surface area contributed by atoms with Gasteiger partial charge in [-0.05, 0) is 64.3 Å². The third-order valence-electron chi connectivity index (χ3n) is 7.74. The minimum atomic E-state index is -4.72. The summed E-state index contributed by atoms with van der Waals surface area (Å²) >= 11 is 0. The largest absolute Gasteiger partial charge is 0.444 e. The summed E-state index contributed by atoms with van der Waals surface area (Å²) in [5.74, 6) is 0.268. The Balaban J connectivity index is 1.40. The molecule has 13 heteroatoms. The summed E-state index contributed by atoms with van der Waals surface area (Å²) in [4.78, 5) is 25.4. The first-order valence-electron chi connectivity index (χ1n) is 13.3. The van der Waals surface area contributed by atoms with E-state index in [4.69, 9.17) is 4.74 Å². The van der Waals surface area contributed by atoms with E-state index in [-0.39, 0.29) is 40.2 Å². The first-order chi connectivity index (χ1) is 19.0. The maximum atomic E-state index is 14.0. The molecule has 1 aliphatic heterocycles. The predicted octanol–water partition coefficient (Wildman–Crippen LogP) is 5.82. The second-order valence-corrected chi connectivity index (χ2v) is 15.4. The fraction of sp³-hybridized carbons (Fsp3) is 0.500. The molecule has 1 aliphatic carbocycles. The van der Waals surface area contributed by atoms with Crippen LogP contribution in [0.15, 0.2) is 24.5 Å². The van der Waals surface area contributed by atoms with Crippen LogP contribution in [0, 0.1) is 22.7 Å². The van der Waals surface area contributed by atoms with E-state index in [0.717, 1.165) is 19.0 Å². The summed E-state index contributed by atoms with van der Waals surface area (Å²) in [5.41, 5.74) is -1.21. The molecule has 2 N–H and O–H groups in total. The Bertz CT molecular complexity index is 1620. The predicted molar refractivity (Wildman–Crippen MR) is 150 cm³/mol. The molecular weight excluding hydrogens is 556 g/mol. The molecule has 218 valence electrons. The van der Waals surface area contributed by atoms with Gasteiger partial charge in [0.25, 0.3) is 0 Å². The number of halogens is 3.